The Bertz CT molecular complexity index is 620. The molecule has 0 N–H and O–H groups in total. The maximum Gasteiger partial charge on any atom is 0.213 e. The minimum atomic E-state index is 0.654. The van der Waals surface area contributed by atoms with E-state index in [1.54, 1.807) is 14.2 Å². The molecule has 0 radical (unpaired) electrons. The highest BCUT2D eigenvalue weighted by atomic mass is 16.5. The number of piperazine rings is 1. The zero-order valence-corrected chi connectivity index (χ0v) is 14.4. The highest BCUT2D eigenvalue weighted by Crippen LogP contribution is 2.18. The monoisotopic (exact) mass is 331 g/mol. The molecule has 0 spiro atoms. The molecule has 2 aromatic heterocycles. The fourth-order valence-corrected chi connectivity index (χ4v) is 2.94. The van der Waals surface area contributed by atoms with Gasteiger partial charge in [-0.05, 0) is 6.07 Å². The molecule has 7 nitrogen and oxygen atoms in total. The van der Waals surface area contributed by atoms with E-state index < -0.39 is 0 Å². The molecule has 24 heavy (non-hydrogen) atoms. The Labute approximate surface area is 142 Å². The molecule has 1 fully saturated rings. The van der Waals surface area contributed by atoms with Gasteiger partial charge >= 0.3 is 0 Å². The lowest BCUT2D eigenvalue weighted by molar-refractivity contribution is 0.183. The number of rotatable bonds is 7. The summed E-state index contributed by atoms with van der Waals surface area (Å²) >= 11 is 0. The highest BCUT2D eigenvalue weighted by molar-refractivity contribution is 5.45. The van der Waals surface area contributed by atoms with Crippen molar-refractivity contribution < 1.29 is 9.47 Å². The first kappa shape index (κ1) is 16.7. The van der Waals surface area contributed by atoms with E-state index >= 15 is 0 Å². The zero-order valence-electron chi connectivity index (χ0n) is 14.4. The number of imidazole rings is 1. The summed E-state index contributed by atoms with van der Waals surface area (Å²) in [4.78, 5) is 13.4. The Morgan fingerprint density at radius 2 is 1.92 bits per heavy atom. The average Bonchev–Trinajstić information content (AvgIpc) is 3.07. The summed E-state index contributed by atoms with van der Waals surface area (Å²) in [6, 6.07) is 3.98. The van der Waals surface area contributed by atoms with Gasteiger partial charge < -0.3 is 18.9 Å². The molecule has 0 saturated carbocycles. The van der Waals surface area contributed by atoms with Crippen molar-refractivity contribution in [2.24, 2.45) is 0 Å². The zero-order chi connectivity index (χ0) is 16.8. The number of pyridine rings is 1. The van der Waals surface area contributed by atoms with Gasteiger partial charge in [-0.2, -0.15) is 0 Å². The van der Waals surface area contributed by atoms with E-state index in [2.05, 4.69) is 30.4 Å². The van der Waals surface area contributed by atoms with Crippen molar-refractivity contribution in [2.75, 3.05) is 51.9 Å². The van der Waals surface area contributed by atoms with Gasteiger partial charge in [-0.3, -0.25) is 4.90 Å². The largest absolute Gasteiger partial charge is 0.481 e. The van der Waals surface area contributed by atoms with Crippen LogP contribution in [0.2, 0.25) is 0 Å². The number of hydrogen-bond acceptors (Lipinski definition) is 6. The summed E-state index contributed by atoms with van der Waals surface area (Å²) in [7, 11) is 3.36. The standard InChI is InChI=1S/C17H25N5O2/c1-23-10-9-22-14-18-11-16(22)13-20-5-7-21(8-6-20)15-3-4-17(24-2)19-12-15/h3-4,11-12,14H,5-10,13H2,1-2H3. The van der Waals surface area contributed by atoms with Crippen LogP contribution in [0.3, 0.4) is 0 Å². The fraction of sp³-hybridized carbons (Fsp3) is 0.529. The third kappa shape index (κ3) is 4.04. The van der Waals surface area contributed by atoms with Crippen LogP contribution in [0.15, 0.2) is 30.9 Å². The van der Waals surface area contributed by atoms with Crippen molar-refractivity contribution in [3.63, 3.8) is 0 Å². The summed E-state index contributed by atoms with van der Waals surface area (Å²) in [5, 5.41) is 0. The second-order valence-electron chi connectivity index (χ2n) is 5.89. The SMILES string of the molecule is COCCn1cncc1CN1CCN(c2ccc(OC)nc2)CC1. The van der Waals surface area contributed by atoms with Gasteiger partial charge in [0.25, 0.3) is 0 Å². The van der Waals surface area contributed by atoms with Crippen LogP contribution in [0.5, 0.6) is 5.88 Å². The number of anilines is 1. The number of methoxy groups -OCH3 is 2. The van der Waals surface area contributed by atoms with Crippen LogP contribution in [0.4, 0.5) is 5.69 Å². The quantitative estimate of drug-likeness (QED) is 0.761. The molecule has 0 aliphatic carbocycles. The van der Waals surface area contributed by atoms with Crippen molar-refractivity contribution in [1.82, 2.24) is 19.4 Å². The van der Waals surface area contributed by atoms with E-state index in [9.17, 15) is 0 Å². The van der Waals surface area contributed by atoms with E-state index in [4.69, 9.17) is 9.47 Å². The molecule has 2 aromatic rings. The summed E-state index contributed by atoms with van der Waals surface area (Å²) in [6.45, 7) is 6.55. The summed E-state index contributed by atoms with van der Waals surface area (Å²) in [5.41, 5.74) is 2.40. The Balaban J connectivity index is 1.52. The van der Waals surface area contributed by atoms with Gasteiger partial charge in [0.2, 0.25) is 5.88 Å². The van der Waals surface area contributed by atoms with Gasteiger partial charge in [0, 0.05) is 58.6 Å². The van der Waals surface area contributed by atoms with Crippen molar-refractivity contribution >= 4 is 5.69 Å². The first-order valence-electron chi connectivity index (χ1n) is 8.25. The molecule has 0 amide bonds. The summed E-state index contributed by atoms with van der Waals surface area (Å²) < 4.78 is 12.4. The lowest BCUT2D eigenvalue weighted by atomic mass is 10.2. The van der Waals surface area contributed by atoms with E-state index in [1.807, 2.05) is 24.8 Å². The minimum Gasteiger partial charge on any atom is -0.481 e. The van der Waals surface area contributed by atoms with Crippen LogP contribution in [0.1, 0.15) is 5.69 Å². The lowest BCUT2D eigenvalue weighted by Gasteiger charge is -2.36. The van der Waals surface area contributed by atoms with Gasteiger partial charge in [-0.15, -0.1) is 0 Å². The second-order valence-corrected chi connectivity index (χ2v) is 5.89. The van der Waals surface area contributed by atoms with E-state index in [1.165, 1.54) is 5.69 Å². The third-order valence-corrected chi connectivity index (χ3v) is 4.39. The predicted octanol–water partition coefficient (Wildman–Crippen LogP) is 1.26. The van der Waals surface area contributed by atoms with Crippen LogP contribution in [-0.2, 0) is 17.8 Å². The Morgan fingerprint density at radius 1 is 1.08 bits per heavy atom. The number of nitrogens with zero attached hydrogens (tertiary/aromatic N) is 5. The third-order valence-electron chi connectivity index (χ3n) is 4.39. The summed E-state index contributed by atoms with van der Waals surface area (Å²) in [6.07, 6.45) is 5.72. The lowest BCUT2D eigenvalue weighted by Crippen LogP contribution is -2.46. The topological polar surface area (TPSA) is 55.7 Å². The highest BCUT2D eigenvalue weighted by Gasteiger charge is 2.18. The van der Waals surface area contributed by atoms with Gasteiger partial charge in [-0.25, -0.2) is 9.97 Å². The molecule has 0 atom stereocenters. The van der Waals surface area contributed by atoms with Crippen molar-refractivity contribution in [1.29, 1.82) is 0 Å². The Hall–Kier alpha value is -2.12. The van der Waals surface area contributed by atoms with Crippen LogP contribution in [0.25, 0.3) is 0 Å². The smallest absolute Gasteiger partial charge is 0.213 e. The molecule has 1 aliphatic rings. The van der Waals surface area contributed by atoms with E-state index in [-0.39, 0.29) is 0 Å². The molecular weight excluding hydrogens is 306 g/mol. The predicted molar refractivity (Wildman–Crippen MR) is 92.4 cm³/mol. The molecule has 0 aromatic carbocycles. The Kier molecular flexibility index (Phi) is 5.66. The van der Waals surface area contributed by atoms with Gasteiger partial charge in [0.05, 0.1) is 37.6 Å². The van der Waals surface area contributed by atoms with Crippen molar-refractivity contribution in [2.45, 2.75) is 13.1 Å². The molecular formula is C17H25N5O2. The van der Waals surface area contributed by atoms with E-state index in [0.717, 1.165) is 45.0 Å². The fourth-order valence-electron chi connectivity index (χ4n) is 2.94. The molecule has 3 heterocycles. The first-order chi connectivity index (χ1) is 11.8. The average molecular weight is 331 g/mol. The maximum atomic E-state index is 5.16. The second kappa shape index (κ2) is 8.12. The molecule has 1 aliphatic heterocycles. The first-order valence-corrected chi connectivity index (χ1v) is 8.25. The number of hydrogen-bond donors (Lipinski definition) is 0. The van der Waals surface area contributed by atoms with Crippen LogP contribution >= 0.6 is 0 Å². The minimum absolute atomic E-state index is 0.654. The van der Waals surface area contributed by atoms with Gasteiger partial charge in [0.1, 0.15) is 0 Å². The van der Waals surface area contributed by atoms with Crippen LogP contribution < -0.4 is 9.64 Å². The van der Waals surface area contributed by atoms with Crippen LogP contribution in [-0.4, -0.2) is 66.4 Å². The maximum absolute atomic E-state index is 5.16. The van der Waals surface area contributed by atoms with Crippen molar-refractivity contribution in [3.8, 4) is 5.88 Å². The van der Waals surface area contributed by atoms with Crippen molar-refractivity contribution in [3.05, 3.63) is 36.5 Å². The molecule has 0 unspecified atom stereocenters. The molecule has 0 bridgehead atoms. The molecule has 3 rings (SSSR count). The normalized spacial score (nSPS) is 15.7. The van der Waals surface area contributed by atoms with Gasteiger partial charge in [-0.1, -0.05) is 0 Å². The van der Waals surface area contributed by atoms with Gasteiger partial charge in [0.15, 0.2) is 0 Å². The molecule has 130 valence electrons. The van der Waals surface area contributed by atoms with Crippen LogP contribution in [0, 0.1) is 0 Å². The number of ether oxygens (including phenoxy) is 2. The Morgan fingerprint density at radius 3 is 2.58 bits per heavy atom. The summed E-state index contributed by atoms with van der Waals surface area (Å²) in [5.74, 6) is 0.654. The molecule has 1 saturated heterocycles. The number of aromatic nitrogens is 3. The van der Waals surface area contributed by atoms with E-state index in [0.29, 0.717) is 12.5 Å². The molecule has 7 heteroatoms.